The number of hydrogen-bond donors (Lipinski definition) is 1. The maximum Gasteiger partial charge on any atom is 0.273 e. The van der Waals surface area contributed by atoms with Crippen LogP contribution in [-0.4, -0.2) is 18.1 Å². The molecule has 0 aliphatic rings. The Hall–Kier alpha value is -2.17. The van der Waals surface area contributed by atoms with Crippen molar-refractivity contribution >= 4 is 5.91 Å². The van der Waals surface area contributed by atoms with Crippen LogP contribution in [0, 0.1) is 5.82 Å². The van der Waals surface area contributed by atoms with Crippen molar-refractivity contribution in [2.75, 3.05) is 7.05 Å². The Labute approximate surface area is 91.1 Å². The van der Waals surface area contributed by atoms with Gasteiger partial charge in [0.05, 0.1) is 0 Å². The molecule has 5 heteroatoms. The zero-order valence-corrected chi connectivity index (χ0v) is 8.53. The van der Waals surface area contributed by atoms with Gasteiger partial charge in [-0.15, -0.1) is 0 Å². The van der Waals surface area contributed by atoms with Gasteiger partial charge in [0, 0.05) is 18.7 Å². The second-order valence-corrected chi connectivity index (χ2v) is 3.16. The molecule has 16 heavy (non-hydrogen) atoms. The summed E-state index contributed by atoms with van der Waals surface area (Å²) < 4.78 is 17.7. The van der Waals surface area contributed by atoms with Gasteiger partial charge in [-0.1, -0.05) is 5.16 Å². The van der Waals surface area contributed by atoms with E-state index in [0.29, 0.717) is 11.3 Å². The number of carbonyl (C=O) groups excluding carboxylic acids is 1. The number of nitrogens with zero attached hydrogens (tertiary/aromatic N) is 1. The molecule has 1 heterocycles. The number of aromatic nitrogens is 1. The molecule has 0 atom stereocenters. The van der Waals surface area contributed by atoms with E-state index >= 15 is 0 Å². The Morgan fingerprint density at radius 2 is 2.06 bits per heavy atom. The first kappa shape index (κ1) is 10.4. The standard InChI is InChI=1S/C11H9FN2O2/c1-13-11(15)9-6-10(16-14-9)7-2-4-8(12)5-3-7/h2-6H,1H3,(H,13,15). The largest absolute Gasteiger partial charge is 0.355 e. The molecule has 1 aromatic heterocycles. The Morgan fingerprint density at radius 3 is 2.69 bits per heavy atom. The molecule has 0 spiro atoms. The highest BCUT2D eigenvalue weighted by Gasteiger charge is 2.11. The Morgan fingerprint density at radius 1 is 1.38 bits per heavy atom. The third-order valence-corrected chi connectivity index (χ3v) is 2.10. The summed E-state index contributed by atoms with van der Waals surface area (Å²) in [7, 11) is 1.51. The maximum atomic E-state index is 12.7. The number of halogens is 1. The van der Waals surface area contributed by atoms with E-state index in [2.05, 4.69) is 10.5 Å². The van der Waals surface area contributed by atoms with Gasteiger partial charge in [-0.25, -0.2) is 4.39 Å². The fourth-order valence-electron chi connectivity index (χ4n) is 1.26. The molecule has 0 radical (unpaired) electrons. The van der Waals surface area contributed by atoms with Gasteiger partial charge in [0.2, 0.25) is 0 Å². The topological polar surface area (TPSA) is 55.1 Å². The summed E-state index contributed by atoms with van der Waals surface area (Å²) in [6.07, 6.45) is 0. The van der Waals surface area contributed by atoms with Crippen LogP contribution in [0.5, 0.6) is 0 Å². The van der Waals surface area contributed by atoms with Gasteiger partial charge in [-0.2, -0.15) is 0 Å². The van der Waals surface area contributed by atoms with Gasteiger partial charge < -0.3 is 9.84 Å². The van der Waals surface area contributed by atoms with E-state index < -0.39 is 0 Å². The van der Waals surface area contributed by atoms with Crippen molar-refractivity contribution in [3.8, 4) is 11.3 Å². The third-order valence-electron chi connectivity index (χ3n) is 2.10. The molecule has 0 saturated heterocycles. The minimum absolute atomic E-state index is 0.196. The van der Waals surface area contributed by atoms with Gasteiger partial charge in [-0.3, -0.25) is 4.79 Å². The molecule has 0 aliphatic heterocycles. The van der Waals surface area contributed by atoms with Gasteiger partial charge in [0.1, 0.15) is 5.82 Å². The quantitative estimate of drug-likeness (QED) is 0.840. The molecule has 0 aliphatic carbocycles. The maximum absolute atomic E-state index is 12.7. The molecular formula is C11H9FN2O2. The van der Waals surface area contributed by atoms with Crippen molar-refractivity contribution in [3.63, 3.8) is 0 Å². The third kappa shape index (κ3) is 1.93. The molecule has 1 N–H and O–H groups in total. The van der Waals surface area contributed by atoms with Crippen LogP contribution >= 0.6 is 0 Å². The lowest BCUT2D eigenvalue weighted by Crippen LogP contribution is -2.17. The normalized spacial score (nSPS) is 10.1. The lowest BCUT2D eigenvalue weighted by molar-refractivity contribution is 0.0954. The summed E-state index contributed by atoms with van der Waals surface area (Å²) in [4.78, 5) is 11.2. The van der Waals surface area contributed by atoms with Crippen LogP contribution in [0.15, 0.2) is 34.9 Å². The zero-order valence-electron chi connectivity index (χ0n) is 8.53. The van der Waals surface area contributed by atoms with Crippen molar-refractivity contribution in [1.29, 1.82) is 0 Å². The van der Waals surface area contributed by atoms with Gasteiger partial charge in [0.25, 0.3) is 5.91 Å². The molecule has 0 saturated carbocycles. The van der Waals surface area contributed by atoms with Gasteiger partial charge in [0.15, 0.2) is 11.5 Å². The highest BCUT2D eigenvalue weighted by molar-refractivity contribution is 5.92. The van der Waals surface area contributed by atoms with Crippen LogP contribution < -0.4 is 5.32 Å². The zero-order chi connectivity index (χ0) is 11.5. The predicted octanol–water partition coefficient (Wildman–Crippen LogP) is 1.84. The van der Waals surface area contributed by atoms with E-state index in [0.717, 1.165) is 0 Å². The van der Waals surface area contributed by atoms with Crippen LogP contribution in [-0.2, 0) is 0 Å². The Balaban J connectivity index is 2.31. The summed E-state index contributed by atoms with van der Waals surface area (Å²) >= 11 is 0. The Bertz CT molecular complexity index is 505. The number of amides is 1. The predicted molar refractivity (Wildman–Crippen MR) is 55.3 cm³/mol. The van der Waals surface area contributed by atoms with Crippen molar-refractivity contribution < 1.29 is 13.7 Å². The van der Waals surface area contributed by atoms with Crippen LogP contribution in [0.4, 0.5) is 4.39 Å². The SMILES string of the molecule is CNC(=O)c1cc(-c2ccc(F)cc2)on1. The summed E-state index contributed by atoms with van der Waals surface area (Å²) in [6.45, 7) is 0. The molecule has 0 fully saturated rings. The summed E-state index contributed by atoms with van der Waals surface area (Å²) in [5.41, 5.74) is 0.867. The average Bonchev–Trinajstić information content (AvgIpc) is 2.78. The first-order valence-electron chi connectivity index (χ1n) is 4.65. The van der Waals surface area contributed by atoms with E-state index in [1.54, 1.807) is 12.1 Å². The number of carbonyl (C=O) groups is 1. The number of hydrogen-bond acceptors (Lipinski definition) is 3. The monoisotopic (exact) mass is 220 g/mol. The van der Waals surface area contributed by atoms with Crippen molar-refractivity contribution in [3.05, 3.63) is 41.8 Å². The number of nitrogens with one attached hydrogen (secondary N) is 1. The highest BCUT2D eigenvalue weighted by atomic mass is 19.1. The highest BCUT2D eigenvalue weighted by Crippen LogP contribution is 2.20. The van der Waals surface area contributed by atoms with E-state index in [4.69, 9.17) is 4.52 Å². The van der Waals surface area contributed by atoms with E-state index in [9.17, 15) is 9.18 Å². The van der Waals surface area contributed by atoms with Crippen LogP contribution in [0.1, 0.15) is 10.5 Å². The molecule has 1 amide bonds. The molecule has 0 unspecified atom stereocenters. The summed E-state index contributed by atoms with van der Waals surface area (Å²) in [6, 6.07) is 7.26. The van der Waals surface area contributed by atoms with E-state index in [1.807, 2.05) is 0 Å². The number of rotatable bonds is 2. The second kappa shape index (κ2) is 4.14. The van der Waals surface area contributed by atoms with Crippen molar-refractivity contribution in [2.24, 2.45) is 0 Å². The minimum atomic E-state index is -0.324. The minimum Gasteiger partial charge on any atom is -0.355 e. The lowest BCUT2D eigenvalue weighted by atomic mass is 10.1. The van der Waals surface area contributed by atoms with Crippen molar-refractivity contribution in [1.82, 2.24) is 10.5 Å². The molecule has 0 bridgehead atoms. The van der Waals surface area contributed by atoms with Gasteiger partial charge in [-0.05, 0) is 24.3 Å². The molecule has 1 aromatic carbocycles. The van der Waals surface area contributed by atoms with Gasteiger partial charge >= 0.3 is 0 Å². The molecule has 2 rings (SSSR count). The van der Waals surface area contributed by atoms with Crippen LogP contribution in [0.3, 0.4) is 0 Å². The average molecular weight is 220 g/mol. The molecule has 2 aromatic rings. The van der Waals surface area contributed by atoms with Crippen LogP contribution in [0.2, 0.25) is 0 Å². The summed E-state index contributed by atoms with van der Waals surface area (Å²) in [5, 5.41) is 6.04. The van der Waals surface area contributed by atoms with E-state index in [-0.39, 0.29) is 17.4 Å². The fraction of sp³-hybridized carbons (Fsp3) is 0.0909. The molecular weight excluding hydrogens is 211 g/mol. The van der Waals surface area contributed by atoms with E-state index in [1.165, 1.54) is 25.2 Å². The molecule has 4 nitrogen and oxygen atoms in total. The van der Waals surface area contributed by atoms with Crippen LogP contribution in [0.25, 0.3) is 11.3 Å². The smallest absolute Gasteiger partial charge is 0.273 e. The lowest BCUT2D eigenvalue weighted by Gasteiger charge is -1.93. The van der Waals surface area contributed by atoms with Crippen molar-refractivity contribution in [2.45, 2.75) is 0 Å². The number of benzene rings is 1. The molecule has 82 valence electrons. The Kier molecular flexibility index (Phi) is 2.68. The fourth-order valence-corrected chi connectivity index (χ4v) is 1.26. The summed E-state index contributed by atoms with van der Waals surface area (Å²) in [5.74, 6) is -0.217. The second-order valence-electron chi connectivity index (χ2n) is 3.16. The first-order valence-corrected chi connectivity index (χ1v) is 4.65. The first-order chi connectivity index (χ1) is 7.70.